The van der Waals surface area contributed by atoms with Gasteiger partial charge in [0.2, 0.25) is 5.78 Å². The van der Waals surface area contributed by atoms with Crippen LogP contribution in [0.5, 0.6) is 0 Å². The zero-order valence-electron chi connectivity index (χ0n) is 19.0. The lowest BCUT2D eigenvalue weighted by atomic mass is 9.95. The van der Waals surface area contributed by atoms with Crippen LogP contribution in [0.4, 0.5) is 0 Å². The number of carbonyl (C=O) groups is 2. The summed E-state index contributed by atoms with van der Waals surface area (Å²) in [7, 11) is 0. The van der Waals surface area contributed by atoms with E-state index in [0.717, 1.165) is 34.1 Å². The predicted molar refractivity (Wildman–Crippen MR) is 131 cm³/mol. The Bertz CT molecular complexity index is 1220. The fourth-order valence-corrected chi connectivity index (χ4v) is 4.57. The molecule has 6 nitrogen and oxygen atoms in total. The van der Waals surface area contributed by atoms with E-state index in [9.17, 15) is 14.7 Å². The van der Waals surface area contributed by atoms with Gasteiger partial charge in [0.25, 0.3) is 5.91 Å². The number of amides is 1. The van der Waals surface area contributed by atoms with Gasteiger partial charge in [0.1, 0.15) is 5.58 Å². The van der Waals surface area contributed by atoms with Gasteiger partial charge in [-0.25, -0.2) is 0 Å². The standard InChI is InChI=1S/C26H27BrN2O4/c1-4-28(5-2)12-13-29-23(17-7-9-19(27)10-8-17)22(25(31)26(29)32)24(30)21-15-18-14-16(3)6-11-20(18)33-21/h6-11,14-15,23,31H,4-5,12-13H2,1-3H3. The van der Waals surface area contributed by atoms with E-state index in [0.29, 0.717) is 18.7 Å². The van der Waals surface area contributed by atoms with Crippen molar-refractivity contribution >= 4 is 38.6 Å². The van der Waals surface area contributed by atoms with E-state index in [1.807, 2.05) is 49.4 Å². The van der Waals surface area contributed by atoms with Crippen molar-refractivity contribution in [2.75, 3.05) is 26.2 Å². The van der Waals surface area contributed by atoms with Crippen LogP contribution in [-0.2, 0) is 4.79 Å². The van der Waals surface area contributed by atoms with Crippen LogP contribution in [0.1, 0.15) is 41.6 Å². The van der Waals surface area contributed by atoms with Crippen molar-refractivity contribution < 1.29 is 19.1 Å². The minimum atomic E-state index is -0.691. The topological polar surface area (TPSA) is 74.0 Å². The van der Waals surface area contributed by atoms with E-state index in [4.69, 9.17) is 4.42 Å². The number of benzene rings is 2. The molecule has 4 rings (SSSR count). The number of aliphatic hydroxyl groups is 1. The molecule has 0 bridgehead atoms. The first-order chi connectivity index (χ1) is 15.8. The van der Waals surface area contributed by atoms with E-state index in [1.54, 1.807) is 11.0 Å². The Balaban J connectivity index is 1.75. The van der Waals surface area contributed by atoms with E-state index < -0.39 is 23.5 Å². The zero-order valence-corrected chi connectivity index (χ0v) is 20.6. The first kappa shape index (κ1) is 23.3. The lowest BCUT2D eigenvalue weighted by Crippen LogP contribution is -2.38. The summed E-state index contributed by atoms with van der Waals surface area (Å²) in [5.41, 5.74) is 2.45. The van der Waals surface area contributed by atoms with Crippen molar-refractivity contribution in [1.82, 2.24) is 9.80 Å². The maximum Gasteiger partial charge on any atom is 0.290 e. The number of fused-ring (bicyclic) bond motifs is 1. The normalized spacial score (nSPS) is 16.5. The summed E-state index contributed by atoms with van der Waals surface area (Å²) in [5, 5.41) is 11.7. The average Bonchev–Trinajstić information content (AvgIpc) is 3.33. The van der Waals surface area contributed by atoms with Gasteiger partial charge in [-0.05, 0) is 55.9 Å². The molecule has 1 aliphatic rings. The molecule has 0 saturated heterocycles. The number of hydrogen-bond acceptors (Lipinski definition) is 5. The van der Waals surface area contributed by atoms with Crippen LogP contribution in [0.2, 0.25) is 0 Å². The van der Waals surface area contributed by atoms with Crippen molar-refractivity contribution in [3.05, 3.63) is 81.2 Å². The Morgan fingerprint density at radius 3 is 2.48 bits per heavy atom. The predicted octanol–water partition coefficient (Wildman–Crippen LogP) is 5.42. The number of carbonyl (C=O) groups excluding carboxylic acids is 2. The smallest absolute Gasteiger partial charge is 0.290 e. The highest BCUT2D eigenvalue weighted by atomic mass is 79.9. The lowest BCUT2D eigenvalue weighted by Gasteiger charge is -2.29. The number of hydrogen-bond donors (Lipinski definition) is 1. The van der Waals surface area contributed by atoms with E-state index >= 15 is 0 Å². The third-order valence-electron chi connectivity index (χ3n) is 6.18. The summed E-state index contributed by atoms with van der Waals surface area (Å²) in [6, 6.07) is 14.1. The average molecular weight is 511 g/mol. The van der Waals surface area contributed by atoms with Gasteiger partial charge in [-0.3, -0.25) is 9.59 Å². The fourth-order valence-electron chi connectivity index (χ4n) is 4.30. The second-order valence-electron chi connectivity index (χ2n) is 8.22. The summed E-state index contributed by atoms with van der Waals surface area (Å²) in [4.78, 5) is 30.5. The zero-order chi connectivity index (χ0) is 23.7. The second-order valence-corrected chi connectivity index (χ2v) is 9.14. The molecule has 1 aliphatic heterocycles. The Morgan fingerprint density at radius 1 is 1.12 bits per heavy atom. The van der Waals surface area contributed by atoms with Crippen LogP contribution in [0.3, 0.4) is 0 Å². The van der Waals surface area contributed by atoms with Gasteiger partial charge < -0.3 is 19.3 Å². The molecule has 0 saturated carbocycles. The Morgan fingerprint density at radius 2 is 1.82 bits per heavy atom. The Labute approximate surface area is 201 Å². The van der Waals surface area contributed by atoms with E-state index in [-0.39, 0.29) is 11.3 Å². The molecular formula is C26H27BrN2O4. The van der Waals surface area contributed by atoms with Gasteiger partial charge in [0.15, 0.2) is 11.5 Å². The van der Waals surface area contributed by atoms with Crippen molar-refractivity contribution in [2.24, 2.45) is 0 Å². The van der Waals surface area contributed by atoms with Crippen LogP contribution >= 0.6 is 15.9 Å². The Hall–Kier alpha value is -2.90. The van der Waals surface area contributed by atoms with Crippen LogP contribution in [0, 0.1) is 6.92 Å². The summed E-state index contributed by atoms with van der Waals surface area (Å²) in [6.07, 6.45) is 0. The summed E-state index contributed by atoms with van der Waals surface area (Å²) in [6.45, 7) is 8.84. The number of Topliss-reactive ketones (excluding diaryl/α,β-unsaturated/α-hetero) is 1. The number of likely N-dealkylation sites (N-methyl/N-ethyl adjacent to an activating group) is 1. The molecule has 0 fully saturated rings. The number of aliphatic hydroxyl groups excluding tert-OH is 1. The first-order valence-corrected chi connectivity index (χ1v) is 11.9. The molecule has 0 spiro atoms. The largest absolute Gasteiger partial charge is 0.503 e. The number of aryl methyl sites for hydroxylation is 1. The number of nitrogens with zero attached hydrogens (tertiary/aromatic N) is 2. The molecule has 0 radical (unpaired) electrons. The summed E-state index contributed by atoms with van der Waals surface area (Å²) < 4.78 is 6.70. The summed E-state index contributed by atoms with van der Waals surface area (Å²) in [5.74, 6) is -1.42. The van der Waals surface area contributed by atoms with Crippen molar-refractivity contribution in [3.63, 3.8) is 0 Å². The van der Waals surface area contributed by atoms with Crippen LogP contribution in [-0.4, -0.2) is 52.8 Å². The molecule has 1 N–H and O–H groups in total. The molecule has 3 aromatic rings. The number of furan rings is 1. The lowest BCUT2D eigenvalue weighted by molar-refractivity contribution is -0.129. The van der Waals surface area contributed by atoms with Gasteiger partial charge in [0.05, 0.1) is 11.6 Å². The summed E-state index contributed by atoms with van der Waals surface area (Å²) >= 11 is 3.44. The van der Waals surface area contributed by atoms with Crippen molar-refractivity contribution in [3.8, 4) is 0 Å². The van der Waals surface area contributed by atoms with E-state index in [2.05, 4.69) is 34.7 Å². The molecule has 7 heteroatoms. The third kappa shape index (κ3) is 4.48. The molecule has 1 aromatic heterocycles. The first-order valence-electron chi connectivity index (χ1n) is 11.1. The van der Waals surface area contributed by atoms with Gasteiger partial charge >= 0.3 is 0 Å². The van der Waals surface area contributed by atoms with Crippen LogP contribution in [0.25, 0.3) is 11.0 Å². The highest BCUT2D eigenvalue weighted by Crippen LogP contribution is 2.39. The SMILES string of the molecule is CCN(CC)CCN1C(=O)C(O)=C(C(=O)c2cc3cc(C)ccc3o2)C1c1ccc(Br)cc1. The maximum absolute atomic E-state index is 13.6. The number of rotatable bonds is 8. The molecule has 172 valence electrons. The van der Waals surface area contributed by atoms with Crippen molar-refractivity contribution in [1.29, 1.82) is 0 Å². The highest BCUT2D eigenvalue weighted by Gasteiger charge is 2.44. The minimum absolute atomic E-state index is 0.0534. The molecule has 0 aliphatic carbocycles. The molecule has 33 heavy (non-hydrogen) atoms. The van der Waals surface area contributed by atoms with Crippen LogP contribution in [0.15, 0.2) is 68.8 Å². The number of halogens is 1. The maximum atomic E-state index is 13.6. The monoisotopic (exact) mass is 510 g/mol. The van der Waals surface area contributed by atoms with Gasteiger partial charge in [-0.1, -0.05) is 53.5 Å². The molecule has 2 aromatic carbocycles. The molecule has 1 atom stereocenters. The van der Waals surface area contributed by atoms with Gasteiger partial charge in [-0.15, -0.1) is 0 Å². The quantitative estimate of drug-likeness (QED) is 0.409. The van der Waals surface area contributed by atoms with Gasteiger partial charge in [0, 0.05) is 22.9 Å². The number of ketones is 1. The molecular weight excluding hydrogens is 484 g/mol. The van der Waals surface area contributed by atoms with E-state index in [1.165, 1.54) is 0 Å². The van der Waals surface area contributed by atoms with Gasteiger partial charge in [-0.2, -0.15) is 0 Å². The highest BCUT2D eigenvalue weighted by molar-refractivity contribution is 9.10. The molecule has 2 heterocycles. The fraction of sp³-hybridized carbons (Fsp3) is 0.308. The molecule has 1 unspecified atom stereocenters. The van der Waals surface area contributed by atoms with Crippen LogP contribution < -0.4 is 0 Å². The third-order valence-corrected chi connectivity index (χ3v) is 6.71. The Kier molecular flexibility index (Phi) is 6.72. The van der Waals surface area contributed by atoms with Crippen molar-refractivity contribution in [2.45, 2.75) is 26.8 Å². The molecule has 1 amide bonds. The second kappa shape index (κ2) is 9.53. The minimum Gasteiger partial charge on any atom is -0.503 e.